The van der Waals surface area contributed by atoms with Crippen molar-refractivity contribution in [2.24, 2.45) is 20.0 Å². The molecular weight excluding hydrogens is 457 g/mol. The maximum absolute atomic E-state index is 12.5. The van der Waals surface area contributed by atoms with E-state index in [0.29, 0.717) is 35.4 Å². The van der Waals surface area contributed by atoms with E-state index < -0.39 is 23.1 Å². The lowest BCUT2D eigenvalue weighted by atomic mass is 9.85. The summed E-state index contributed by atoms with van der Waals surface area (Å²) >= 11 is 12.3. The number of rotatable bonds is 5. The molecule has 0 spiro atoms. The van der Waals surface area contributed by atoms with Crippen LogP contribution in [0, 0.1) is 5.92 Å². The third-order valence-corrected chi connectivity index (χ3v) is 6.88. The Balaban J connectivity index is 1.84. The molecule has 0 aliphatic heterocycles. The summed E-state index contributed by atoms with van der Waals surface area (Å²) in [5, 5.41) is 10.4. The molecule has 0 saturated heterocycles. The van der Waals surface area contributed by atoms with Gasteiger partial charge in [-0.25, -0.2) is 4.79 Å². The summed E-state index contributed by atoms with van der Waals surface area (Å²) in [7, 11) is 3.26. The van der Waals surface area contributed by atoms with Gasteiger partial charge in [0.15, 0.2) is 11.2 Å². The maximum Gasteiger partial charge on any atom is 0.329 e. The zero-order valence-corrected chi connectivity index (χ0v) is 19.2. The highest BCUT2D eigenvalue weighted by Crippen LogP contribution is 2.33. The van der Waals surface area contributed by atoms with Crippen molar-refractivity contribution in [1.29, 1.82) is 0 Å². The van der Waals surface area contributed by atoms with Gasteiger partial charge in [0, 0.05) is 26.7 Å². The van der Waals surface area contributed by atoms with Crippen LogP contribution in [0.5, 0.6) is 0 Å². The van der Waals surface area contributed by atoms with Gasteiger partial charge in [-0.05, 0) is 37.0 Å². The van der Waals surface area contributed by atoms with E-state index in [1.54, 1.807) is 30.8 Å². The molecule has 3 aromatic rings. The molecule has 2 unspecified atom stereocenters. The molecule has 1 aromatic carbocycles. The van der Waals surface area contributed by atoms with Gasteiger partial charge in [-0.3, -0.25) is 19.1 Å². The minimum absolute atomic E-state index is 0.120. The predicted molar refractivity (Wildman–Crippen MR) is 123 cm³/mol. The Bertz CT molecular complexity index is 1310. The van der Waals surface area contributed by atoms with E-state index >= 15 is 0 Å². The molecule has 1 fully saturated rings. The van der Waals surface area contributed by atoms with Gasteiger partial charge in [0.05, 0.1) is 16.0 Å². The Hall–Kier alpha value is -2.78. The zero-order valence-electron chi connectivity index (χ0n) is 17.6. The van der Waals surface area contributed by atoms with Crippen molar-refractivity contribution in [3.05, 3.63) is 54.6 Å². The minimum atomic E-state index is -0.812. The maximum atomic E-state index is 12.5. The van der Waals surface area contributed by atoms with E-state index in [1.807, 2.05) is 11.0 Å². The molecule has 2 atom stereocenters. The molecule has 32 heavy (non-hydrogen) atoms. The summed E-state index contributed by atoms with van der Waals surface area (Å²) in [6.45, 7) is 0.386. The second kappa shape index (κ2) is 8.63. The number of fused-ring (bicyclic) bond motifs is 1. The number of hydrogen-bond acceptors (Lipinski definition) is 5. The van der Waals surface area contributed by atoms with Gasteiger partial charge in [-0.1, -0.05) is 35.7 Å². The van der Waals surface area contributed by atoms with Crippen LogP contribution in [0.3, 0.4) is 0 Å². The highest BCUT2D eigenvalue weighted by Gasteiger charge is 2.33. The van der Waals surface area contributed by atoms with Crippen LogP contribution in [0.2, 0.25) is 10.0 Å². The molecular formula is C21H23Cl2N5O4. The number of nitrogens with one attached hydrogen (secondary N) is 1. The fraction of sp³-hybridized carbons (Fsp3) is 0.429. The Morgan fingerprint density at radius 3 is 2.66 bits per heavy atom. The van der Waals surface area contributed by atoms with Crippen LogP contribution in [0.15, 0.2) is 27.8 Å². The first kappa shape index (κ1) is 22.4. The molecule has 1 aliphatic rings. The molecule has 2 heterocycles. The molecule has 1 saturated carbocycles. The van der Waals surface area contributed by atoms with Crippen LogP contribution in [0.4, 0.5) is 5.95 Å². The number of carboxylic acids is 1. The largest absolute Gasteiger partial charge is 0.481 e. The Kier molecular flexibility index (Phi) is 6.05. The van der Waals surface area contributed by atoms with E-state index in [-0.39, 0.29) is 17.2 Å². The van der Waals surface area contributed by atoms with E-state index in [4.69, 9.17) is 23.2 Å². The standard InChI is InChI=1S/C21H23Cl2N5O4/c1-26-16-17(27(2)21(32)25-18(16)29)24-20(26)28(10-11-6-7-14(22)15(23)8-11)13-5-3-4-12(9-13)19(30)31/h6-8,12-13H,3-5,9-10H2,1-2H3,(H,30,31)(H,25,29,32). The average Bonchev–Trinajstić information content (AvgIpc) is 3.10. The smallest absolute Gasteiger partial charge is 0.329 e. The van der Waals surface area contributed by atoms with Crippen molar-refractivity contribution in [2.45, 2.75) is 38.3 Å². The monoisotopic (exact) mass is 479 g/mol. The number of halogens is 2. The number of aromatic nitrogens is 4. The summed E-state index contributed by atoms with van der Waals surface area (Å²) in [5.74, 6) is -0.783. The van der Waals surface area contributed by atoms with Crippen LogP contribution < -0.4 is 16.1 Å². The second-order valence-corrected chi connectivity index (χ2v) is 9.01. The van der Waals surface area contributed by atoms with Crippen molar-refractivity contribution in [2.75, 3.05) is 4.90 Å². The first-order valence-electron chi connectivity index (χ1n) is 10.3. The van der Waals surface area contributed by atoms with E-state index in [9.17, 15) is 19.5 Å². The van der Waals surface area contributed by atoms with Gasteiger partial charge in [0.2, 0.25) is 5.95 Å². The number of carbonyl (C=O) groups is 1. The normalized spacial score (nSPS) is 18.8. The lowest BCUT2D eigenvalue weighted by molar-refractivity contribution is -0.142. The number of imidazole rings is 1. The number of H-pyrrole nitrogens is 1. The van der Waals surface area contributed by atoms with Crippen LogP contribution in [-0.4, -0.2) is 36.2 Å². The lowest BCUT2D eigenvalue weighted by Crippen LogP contribution is -2.41. The van der Waals surface area contributed by atoms with Crippen LogP contribution in [0.1, 0.15) is 31.2 Å². The van der Waals surface area contributed by atoms with Gasteiger partial charge < -0.3 is 14.6 Å². The molecule has 1 aliphatic carbocycles. The summed E-state index contributed by atoms with van der Waals surface area (Å²) in [5.41, 5.74) is 0.331. The van der Waals surface area contributed by atoms with Gasteiger partial charge in [0.25, 0.3) is 5.56 Å². The molecule has 11 heteroatoms. The van der Waals surface area contributed by atoms with Crippen molar-refractivity contribution < 1.29 is 9.90 Å². The quantitative estimate of drug-likeness (QED) is 0.581. The number of anilines is 1. The second-order valence-electron chi connectivity index (χ2n) is 8.19. The molecule has 4 rings (SSSR count). The SMILES string of the molecule is Cn1c(N(Cc2ccc(Cl)c(Cl)c2)C2CCCC(C(=O)O)C2)nc2c1c(=O)[nH]c(=O)n2C. The zero-order chi connectivity index (χ0) is 23.2. The Morgan fingerprint density at radius 2 is 1.97 bits per heavy atom. The molecule has 2 N–H and O–H groups in total. The summed E-state index contributed by atoms with van der Waals surface area (Å²) in [4.78, 5) is 45.2. The number of benzene rings is 1. The third-order valence-electron chi connectivity index (χ3n) is 6.14. The van der Waals surface area contributed by atoms with E-state index in [0.717, 1.165) is 18.4 Å². The van der Waals surface area contributed by atoms with Crippen molar-refractivity contribution in [1.82, 2.24) is 19.1 Å². The number of nitrogens with zero attached hydrogens (tertiary/aromatic N) is 4. The van der Waals surface area contributed by atoms with Gasteiger partial charge in [-0.2, -0.15) is 4.98 Å². The number of aryl methyl sites for hydroxylation is 2. The van der Waals surface area contributed by atoms with E-state index in [1.165, 1.54) is 4.57 Å². The highest BCUT2D eigenvalue weighted by molar-refractivity contribution is 6.42. The number of aliphatic carboxylic acids is 1. The molecule has 170 valence electrons. The van der Waals surface area contributed by atoms with Gasteiger partial charge >= 0.3 is 11.7 Å². The molecule has 0 bridgehead atoms. The van der Waals surface area contributed by atoms with Crippen LogP contribution >= 0.6 is 23.2 Å². The highest BCUT2D eigenvalue weighted by atomic mass is 35.5. The van der Waals surface area contributed by atoms with Crippen LogP contribution in [-0.2, 0) is 25.4 Å². The molecule has 0 amide bonds. The molecule has 0 radical (unpaired) electrons. The first-order chi connectivity index (χ1) is 15.2. The lowest BCUT2D eigenvalue weighted by Gasteiger charge is -2.37. The van der Waals surface area contributed by atoms with Gasteiger partial charge in [0.1, 0.15) is 0 Å². The van der Waals surface area contributed by atoms with Gasteiger partial charge in [-0.15, -0.1) is 0 Å². The summed E-state index contributed by atoms with van der Waals surface area (Å²) < 4.78 is 2.94. The van der Waals surface area contributed by atoms with Crippen molar-refractivity contribution in [3.63, 3.8) is 0 Å². The summed E-state index contributed by atoms with van der Waals surface area (Å²) in [6.07, 6.45) is 2.63. The minimum Gasteiger partial charge on any atom is -0.481 e. The molecule has 9 nitrogen and oxygen atoms in total. The number of carboxylic acid groups (broad SMARTS) is 1. The predicted octanol–water partition coefficient (Wildman–Crippen LogP) is 2.92. The molecule has 2 aromatic heterocycles. The first-order valence-corrected chi connectivity index (χ1v) is 11.0. The fourth-order valence-corrected chi connectivity index (χ4v) is 4.74. The van der Waals surface area contributed by atoms with Crippen LogP contribution in [0.25, 0.3) is 11.2 Å². The number of aromatic amines is 1. The Morgan fingerprint density at radius 1 is 1.22 bits per heavy atom. The van der Waals surface area contributed by atoms with Crippen molar-refractivity contribution in [3.8, 4) is 0 Å². The summed E-state index contributed by atoms with van der Waals surface area (Å²) in [6, 6.07) is 5.21. The average molecular weight is 480 g/mol. The van der Waals surface area contributed by atoms with Crippen molar-refractivity contribution >= 4 is 46.3 Å². The fourth-order valence-electron chi connectivity index (χ4n) is 4.42. The topological polar surface area (TPSA) is 113 Å². The third kappa shape index (κ3) is 4.02. The van der Waals surface area contributed by atoms with E-state index in [2.05, 4.69) is 9.97 Å². The Labute approximate surface area is 193 Å². The number of hydrogen-bond donors (Lipinski definition) is 2.